The van der Waals surface area contributed by atoms with Crippen molar-refractivity contribution in [3.8, 4) is 0 Å². The van der Waals surface area contributed by atoms with E-state index in [4.69, 9.17) is 0 Å². The minimum Gasteiger partial charge on any atom is -0.394 e. The molecule has 0 radical (unpaired) electrons. The van der Waals surface area contributed by atoms with E-state index in [1.165, 1.54) is 6.20 Å². The van der Waals surface area contributed by atoms with Gasteiger partial charge < -0.3 is 5.11 Å². The van der Waals surface area contributed by atoms with Gasteiger partial charge >= 0.3 is 0 Å². The van der Waals surface area contributed by atoms with Gasteiger partial charge in [0.2, 0.25) is 0 Å². The molecule has 1 atom stereocenters. The third-order valence-corrected chi connectivity index (χ3v) is 3.29. The van der Waals surface area contributed by atoms with Crippen molar-refractivity contribution in [3.63, 3.8) is 0 Å². The minimum atomic E-state index is -0.866. The van der Waals surface area contributed by atoms with Crippen LogP contribution in [-0.4, -0.2) is 39.0 Å². The summed E-state index contributed by atoms with van der Waals surface area (Å²) in [5, 5.41) is 9.39. The van der Waals surface area contributed by atoms with Gasteiger partial charge in [-0.1, -0.05) is 6.92 Å². The fourth-order valence-electron chi connectivity index (χ4n) is 1.90. The molecule has 2 amide bonds. The lowest BCUT2D eigenvalue weighted by atomic mass is 9.98. The van der Waals surface area contributed by atoms with Crippen molar-refractivity contribution in [3.05, 3.63) is 29.6 Å². The van der Waals surface area contributed by atoms with Crippen LogP contribution in [0, 0.1) is 0 Å². The number of amides is 2. The summed E-state index contributed by atoms with van der Waals surface area (Å²) in [4.78, 5) is 29.3. The van der Waals surface area contributed by atoms with Crippen LogP contribution in [-0.2, 0) is 0 Å². The molecule has 5 heteroatoms. The second-order valence-electron chi connectivity index (χ2n) is 4.35. The molecule has 0 saturated carbocycles. The van der Waals surface area contributed by atoms with E-state index in [-0.39, 0.29) is 18.2 Å². The molecule has 0 saturated heterocycles. The average molecular weight is 234 g/mol. The number of carbonyl (C=O) groups excluding carboxylic acids is 2. The van der Waals surface area contributed by atoms with E-state index in [1.54, 1.807) is 19.1 Å². The van der Waals surface area contributed by atoms with E-state index in [9.17, 15) is 14.7 Å². The zero-order chi connectivity index (χ0) is 12.6. The van der Waals surface area contributed by atoms with Crippen LogP contribution < -0.4 is 0 Å². The van der Waals surface area contributed by atoms with E-state index in [0.29, 0.717) is 12.0 Å². The number of imide groups is 1. The first-order chi connectivity index (χ1) is 8.05. The van der Waals surface area contributed by atoms with Crippen molar-refractivity contribution in [2.45, 2.75) is 25.8 Å². The molecule has 17 heavy (non-hydrogen) atoms. The summed E-state index contributed by atoms with van der Waals surface area (Å²) < 4.78 is 0. The van der Waals surface area contributed by atoms with Gasteiger partial charge in [-0.05, 0) is 25.5 Å². The van der Waals surface area contributed by atoms with Gasteiger partial charge in [0.15, 0.2) is 0 Å². The number of rotatable bonds is 3. The van der Waals surface area contributed by atoms with E-state index in [1.807, 2.05) is 6.92 Å². The number of aromatic nitrogens is 1. The number of hydrogen-bond donors (Lipinski definition) is 1. The molecule has 2 heterocycles. The van der Waals surface area contributed by atoms with Crippen molar-refractivity contribution in [1.29, 1.82) is 0 Å². The van der Waals surface area contributed by atoms with Crippen molar-refractivity contribution in [2.24, 2.45) is 0 Å². The third kappa shape index (κ3) is 1.54. The zero-order valence-electron chi connectivity index (χ0n) is 9.80. The number of aliphatic hydroxyl groups excluding tert-OH is 1. The molecule has 1 aromatic rings. The van der Waals surface area contributed by atoms with Crippen LogP contribution in [0.15, 0.2) is 18.3 Å². The van der Waals surface area contributed by atoms with Gasteiger partial charge in [0, 0.05) is 6.20 Å². The molecular weight excluding hydrogens is 220 g/mol. The quantitative estimate of drug-likeness (QED) is 0.787. The largest absolute Gasteiger partial charge is 0.394 e. The topological polar surface area (TPSA) is 70.5 Å². The number of nitrogens with zero attached hydrogens (tertiary/aromatic N) is 2. The smallest absolute Gasteiger partial charge is 0.280 e. The van der Waals surface area contributed by atoms with E-state index < -0.39 is 11.4 Å². The normalized spacial score (nSPS) is 18.2. The first-order valence-electron chi connectivity index (χ1n) is 5.50. The Bertz CT molecular complexity index is 445. The number of fused-ring (bicyclic) bond motifs is 1. The third-order valence-electron chi connectivity index (χ3n) is 3.29. The van der Waals surface area contributed by atoms with Crippen LogP contribution in [0.25, 0.3) is 0 Å². The molecule has 0 bridgehead atoms. The Morgan fingerprint density at radius 2 is 2.12 bits per heavy atom. The van der Waals surface area contributed by atoms with E-state index in [2.05, 4.69) is 4.98 Å². The highest BCUT2D eigenvalue weighted by Crippen LogP contribution is 2.29. The SMILES string of the molecule is CCC(C)(CO)N1C(=O)c2cccnc2C1=O. The Labute approximate surface area is 99.1 Å². The highest BCUT2D eigenvalue weighted by molar-refractivity contribution is 6.20. The summed E-state index contributed by atoms with van der Waals surface area (Å²) >= 11 is 0. The maximum Gasteiger partial charge on any atom is 0.280 e. The molecule has 1 aliphatic heterocycles. The summed E-state index contributed by atoms with van der Waals surface area (Å²) in [5.74, 6) is -0.805. The number of carbonyl (C=O) groups is 2. The van der Waals surface area contributed by atoms with Crippen molar-refractivity contribution in [2.75, 3.05) is 6.61 Å². The van der Waals surface area contributed by atoms with Gasteiger partial charge in [0.1, 0.15) is 5.69 Å². The van der Waals surface area contributed by atoms with Crippen LogP contribution in [0.4, 0.5) is 0 Å². The lowest BCUT2D eigenvalue weighted by molar-refractivity contribution is 0.0290. The summed E-state index contributed by atoms with van der Waals surface area (Å²) in [7, 11) is 0. The fourth-order valence-corrected chi connectivity index (χ4v) is 1.90. The van der Waals surface area contributed by atoms with Crippen LogP contribution >= 0.6 is 0 Å². The Morgan fingerprint density at radius 3 is 2.65 bits per heavy atom. The monoisotopic (exact) mass is 234 g/mol. The van der Waals surface area contributed by atoms with Gasteiger partial charge in [-0.25, -0.2) is 0 Å². The van der Waals surface area contributed by atoms with Gasteiger partial charge in [0.25, 0.3) is 11.8 Å². The fraction of sp³-hybridized carbons (Fsp3) is 0.417. The molecule has 0 spiro atoms. The van der Waals surface area contributed by atoms with Crippen molar-refractivity contribution in [1.82, 2.24) is 9.88 Å². The van der Waals surface area contributed by atoms with Crippen LogP contribution in [0.5, 0.6) is 0 Å². The summed E-state index contributed by atoms with van der Waals surface area (Å²) in [6.07, 6.45) is 1.98. The van der Waals surface area contributed by atoms with Gasteiger partial charge in [-0.15, -0.1) is 0 Å². The Hall–Kier alpha value is -1.75. The Kier molecular flexibility index (Phi) is 2.71. The predicted octanol–water partition coefficient (Wildman–Crippen LogP) is 0.839. The van der Waals surface area contributed by atoms with E-state index >= 15 is 0 Å². The van der Waals surface area contributed by atoms with Crippen LogP contribution in [0.1, 0.15) is 41.1 Å². The Morgan fingerprint density at radius 1 is 1.41 bits per heavy atom. The summed E-state index contributed by atoms with van der Waals surface area (Å²) in [6.45, 7) is 3.26. The Balaban J connectivity index is 2.50. The average Bonchev–Trinajstić information content (AvgIpc) is 2.62. The highest BCUT2D eigenvalue weighted by Gasteiger charge is 2.46. The molecule has 1 unspecified atom stereocenters. The molecular formula is C12H14N2O3. The molecule has 0 aliphatic carbocycles. The molecule has 1 aromatic heterocycles. The van der Waals surface area contributed by atoms with Crippen LogP contribution in [0.2, 0.25) is 0 Å². The first kappa shape index (κ1) is 11.7. The maximum atomic E-state index is 12.1. The number of hydrogen-bond acceptors (Lipinski definition) is 4. The molecule has 1 aliphatic rings. The number of aliphatic hydroxyl groups is 1. The second kappa shape index (κ2) is 3.92. The van der Waals surface area contributed by atoms with Crippen LogP contribution in [0.3, 0.4) is 0 Å². The molecule has 90 valence electrons. The lowest BCUT2D eigenvalue weighted by Gasteiger charge is -2.34. The first-order valence-corrected chi connectivity index (χ1v) is 5.50. The molecule has 0 aromatic carbocycles. The molecule has 5 nitrogen and oxygen atoms in total. The molecule has 2 rings (SSSR count). The predicted molar refractivity (Wildman–Crippen MR) is 60.5 cm³/mol. The van der Waals surface area contributed by atoms with Crippen molar-refractivity contribution >= 4 is 11.8 Å². The summed E-state index contributed by atoms with van der Waals surface area (Å²) in [6, 6.07) is 3.20. The van der Waals surface area contributed by atoms with Crippen molar-refractivity contribution < 1.29 is 14.7 Å². The standard InChI is InChI=1S/C12H14N2O3/c1-3-12(2,7-15)14-10(16)8-5-4-6-13-9(8)11(14)17/h4-6,15H,3,7H2,1-2H3. The highest BCUT2D eigenvalue weighted by atomic mass is 16.3. The minimum absolute atomic E-state index is 0.172. The van der Waals surface area contributed by atoms with Gasteiger partial charge in [-0.3, -0.25) is 19.5 Å². The zero-order valence-corrected chi connectivity index (χ0v) is 9.80. The van der Waals surface area contributed by atoms with Gasteiger partial charge in [0.05, 0.1) is 17.7 Å². The molecule has 0 fully saturated rings. The maximum absolute atomic E-state index is 12.1. The second-order valence-corrected chi connectivity index (χ2v) is 4.35. The molecule has 1 N–H and O–H groups in total. The summed E-state index contributed by atoms with van der Waals surface area (Å²) in [5.41, 5.74) is -0.384. The number of pyridine rings is 1. The van der Waals surface area contributed by atoms with Gasteiger partial charge in [-0.2, -0.15) is 0 Å². The lowest BCUT2D eigenvalue weighted by Crippen LogP contribution is -2.51. The van der Waals surface area contributed by atoms with E-state index in [0.717, 1.165) is 4.90 Å².